The van der Waals surface area contributed by atoms with Gasteiger partial charge in [-0.2, -0.15) is 0 Å². The molecule has 3 nitrogen and oxygen atoms in total. The van der Waals surface area contributed by atoms with Crippen LogP contribution < -0.4 is 5.32 Å². The van der Waals surface area contributed by atoms with Crippen LogP contribution >= 0.6 is 0 Å². The largest absolute Gasteiger partial charge is 0.361 e. The van der Waals surface area contributed by atoms with Crippen LogP contribution in [-0.2, 0) is 11.2 Å². The molecule has 4 heteroatoms. The molecule has 2 N–H and O–H groups in total. The average molecular weight is 274 g/mol. The minimum atomic E-state index is -0.272. The van der Waals surface area contributed by atoms with Gasteiger partial charge in [-0.15, -0.1) is 0 Å². The summed E-state index contributed by atoms with van der Waals surface area (Å²) in [5.74, 6) is -0.243. The molecule has 1 heterocycles. The van der Waals surface area contributed by atoms with Gasteiger partial charge < -0.3 is 10.3 Å². The standard InChI is InChI=1S/C16H19FN2O/c17-12-6-7-15-14(9-12)11(10-18-15)8-16(20)19-13-4-2-1-3-5-13/h6-7,9-10,13,18H,1-5,8H2,(H,19,20). The Kier molecular flexibility index (Phi) is 3.72. The van der Waals surface area contributed by atoms with Crippen molar-refractivity contribution in [3.63, 3.8) is 0 Å². The predicted octanol–water partition coefficient (Wildman–Crippen LogP) is 3.30. The van der Waals surface area contributed by atoms with Crippen LogP contribution in [0.15, 0.2) is 24.4 Å². The summed E-state index contributed by atoms with van der Waals surface area (Å²) in [6, 6.07) is 4.92. The summed E-state index contributed by atoms with van der Waals surface area (Å²) in [5.41, 5.74) is 1.72. The number of amides is 1. The number of hydrogen-bond acceptors (Lipinski definition) is 1. The van der Waals surface area contributed by atoms with E-state index in [1.54, 1.807) is 12.3 Å². The van der Waals surface area contributed by atoms with Crippen molar-refractivity contribution >= 4 is 16.8 Å². The summed E-state index contributed by atoms with van der Waals surface area (Å²) in [7, 11) is 0. The fourth-order valence-corrected chi connectivity index (χ4v) is 3.00. The number of H-pyrrole nitrogens is 1. The van der Waals surface area contributed by atoms with E-state index in [0.717, 1.165) is 29.3 Å². The van der Waals surface area contributed by atoms with Crippen molar-refractivity contribution in [2.45, 2.75) is 44.6 Å². The Labute approximate surface area is 117 Å². The number of aromatic nitrogens is 1. The van der Waals surface area contributed by atoms with Crippen molar-refractivity contribution in [1.29, 1.82) is 0 Å². The molecule has 1 aromatic carbocycles. The number of nitrogens with one attached hydrogen (secondary N) is 2. The van der Waals surface area contributed by atoms with Gasteiger partial charge in [-0.25, -0.2) is 4.39 Å². The van der Waals surface area contributed by atoms with E-state index in [4.69, 9.17) is 0 Å². The topological polar surface area (TPSA) is 44.9 Å². The zero-order valence-corrected chi connectivity index (χ0v) is 11.4. The number of hydrogen-bond donors (Lipinski definition) is 2. The Bertz CT molecular complexity index is 614. The normalized spacial score (nSPS) is 16.4. The second kappa shape index (κ2) is 5.65. The van der Waals surface area contributed by atoms with Crippen LogP contribution in [0.5, 0.6) is 0 Å². The van der Waals surface area contributed by atoms with Gasteiger partial charge in [0.25, 0.3) is 0 Å². The van der Waals surface area contributed by atoms with Gasteiger partial charge in [-0.1, -0.05) is 19.3 Å². The maximum absolute atomic E-state index is 13.3. The van der Waals surface area contributed by atoms with Crippen LogP contribution in [0.2, 0.25) is 0 Å². The van der Waals surface area contributed by atoms with Gasteiger partial charge >= 0.3 is 0 Å². The summed E-state index contributed by atoms with van der Waals surface area (Å²) in [4.78, 5) is 15.2. The molecule has 2 aromatic rings. The van der Waals surface area contributed by atoms with Crippen LogP contribution in [0, 0.1) is 5.82 Å². The smallest absolute Gasteiger partial charge is 0.224 e. The van der Waals surface area contributed by atoms with Crippen molar-refractivity contribution < 1.29 is 9.18 Å². The number of aromatic amines is 1. The lowest BCUT2D eigenvalue weighted by atomic mass is 9.95. The highest BCUT2D eigenvalue weighted by Crippen LogP contribution is 2.21. The maximum atomic E-state index is 13.3. The van der Waals surface area contributed by atoms with E-state index in [0.29, 0.717) is 12.5 Å². The van der Waals surface area contributed by atoms with Crippen molar-refractivity contribution in [3.05, 3.63) is 35.8 Å². The number of fused-ring (bicyclic) bond motifs is 1. The van der Waals surface area contributed by atoms with Crippen molar-refractivity contribution in [1.82, 2.24) is 10.3 Å². The molecular weight excluding hydrogens is 255 g/mol. The molecule has 1 amide bonds. The van der Waals surface area contributed by atoms with E-state index >= 15 is 0 Å². The number of halogens is 1. The molecule has 0 radical (unpaired) electrons. The summed E-state index contributed by atoms with van der Waals surface area (Å²) in [5, 5.41) is 3.89. The average Bonchev–Trinajstić information content (AvgIpc) is 2.82. The van der Waals surface area contributed by atoms with Gasteiger partial charge in [0.15, 0.2) is 0 Å². The van der Waals surface area contributed by atoms with Gasteiger partial charge in [-0.3, -0.25) is 4.79 Å². The van der Waals surface area contributed by atoms with Gasteiger partial charge in [0.05, 0.1) is 6.42 Å². The molecule has 1 aromatic heterocycles. The third-order valence-corrected chi connectivity index (χ3v) is 4.05. The van der Waals surface area contributed by atoms with Crippen LogP contribution in [0.1, 0.15) is 37.7 Å². The number of rotatable bonds is 3. The lowest BCUT2D eigenvalue weighted by Crippen LogP contribution is -2.37. The van der Waals surface area contributed by atoms with Crippen molar-refractivity contribution in [2.75, 3.05) is 0 Å². The Morgan fingerprint density at radius 2 is 2.10 bits per heavy atom. The van der Waals surface area contributed by atoms with Gasteiger partial charge in [0.2, 0.25) is 5.91 Å². The Morgan fingerprint density at radius 3 is 2.90 bits per heavy atom. The summed E-state index contributed by atoms with van der Waals surface area (Å²) < 4.78 is 13.3. The zero-order valence-electron chi connectivity index (χ0n) is 11.4. The first-order valence-electron chi connectivity index (χ1n) is 7.27. The molecule has 0 saturated heterocycles. The lowest BCUT2D eigenvalue weighted by Gasteiger charge is -2.22. The molecular formula is C16H19FN2O. The molecule has 0 aliphatic heterocycles. The fraction of sp³-hybridized carbons (Fsp3) is 0.438. The third-order valence-electron chi connectivity index (χ3n) is 4.05. The van der Waals surface area contributed by atoms with E-state index in [2.05, 4.69) is 10.3 Å². The number of benzene rings is 1. The van der Waals surface area contributed by atoms with Crippen LogP contribution in [0.25, 0.3) is 10.9 Å². The molecule has 0 unspecified atom stereocenters. The summed E-state index contributed by atoms with van der Waals surface area (Å²) in [6.45, 7) is 0. The molecule has 1 aliphatic carbocycles. The molecule has 1 aliphatic rings. The van der Waals surface area contributed by atoms with Crippen LogP contribution in [-0.4, -0.2) is 16.9 Å². The molecule has 20 heavy (non-hydrogen) atoms. The number of carbonyl (C=O) groups excluding carboxylic acids is 1. The molecule has 106 valence electrons. The Morgan fingerprint density at radius 1 is 1.30 bits per heavy atom. The van der Waals surface area contributed by atoms with Gasteiger partial charge in [0, 0.05) is 23.1 Å². The first kappa shape index (κ1) is 13.2. The van der Waals surface area contributed by atoms with Crippen LogP contribution in [0.3, 0.4) is 0 Å². The monoisotopic (exact) mass is 274 g/mol. The summed E-state index contributed by atoms with van der Waals surface area (Å²) in [6.07, 6.45) is 7.92. The lowest BCUT2D eigenvalue weighted by molar-refractivity contribution is -0.121. The SMILES string of the molecule is O=C(Cc1c[nH]c2ccc(F)cc12)NC1CCCCC1. The Balaban J connectivity index is 1.69. The van der Waals surface area contributed by atoms with E-state index < -0.39 is 0 Å². The Hall–Kier alpha value is -1.84. The van der Waals surface area contributed by atoms with Crippen LogP contribution in [0.4, 0.5) is 4.39 Å². The van der Waals surface area contributed by atoms with Crippen molar-refractivity contribution in [2.24, 2.45) is 0 Å². The highest BCUT2D eigenvalue weighted by Gasteiger charge is 2.16. The van der Waals surface area contributed by atoms with E-state index in [1.165, 1.54) is 31.4 Å². The molecule has 1 saturated carbocycles. The zero-order chi connectivity index (χ0) is 13.9. The van der Waals surface area contributed by atoms with Gasteiger partial charge in [0.1, 0.15) is 5.82 Å². The minimum absolute atomic E-state index is 0.0297. The van der Waals surface area contributed by atoms with E-state index in [9.17, 15) is 9.18 Å². The fourth-order valence-electron chi connectivity index (χ4n) is 3.00. The third kappa shape index (κ3) is 2.84. The maximum Gasteiger partial charge on any atom is 0.224 e. The summed E-state index contributed by atoms with van der Waals surface area (Å²) >= 11 is 0. The first-order valence-corrected chi connectivity index (χ1v) is 7.27. The predicted molar refractivity (Wildman–Crippen MR) is 77.0 cm³/mol. The highest BCUT2D eigenvalue weighted by molar-refractivity contribution is 5.89. The quantitative estimate of drug-likeness (QED) is 0.886. The highest BCUT2D eigenvalue weighted by atomic mass is 19.1. The molecule has 0 spiro atoms. The molecule has 3 rings (SSSR count). The number of carbonyl (C=O) groups is 1. The molecule has 0 bridgehead atoms. The van der Waals surface area contributed by atoms with Gasteiger partial charge in [-0.05, 0) is 36.6 Å². The van der Waals surface area contributed by atoms with E-state index in [1.807, 2.05) is 0 Å². The molecule has 1 fully saturated rings. The first-order chi connectivity index (χ1) is 9.72. The minimum Gasteiger partial charge on any atom is -0.361 e. The van der Waals surface area contributed by atoms with E-state index in [-0.39, 0.29) is 11.7 Å². The second-order valence-electron chi connectivity index (χ2n) is 5.58. The molecule has 0 atom stereocenters. The van der Waals surface area contributed by atoms with Crippen molar-refractivity contribution in [3.8, 4) is 0 Å². The second-order valence-corrected chi connectivity index (χ2v) is 5.58.